The Kier molecular flexibility index (Phi) is 24.0. The largest absolute Gasteiger partial charge is 0.394 e. The van der Waals surface area contributed by atoms with E-state index in [0.717, 1.165) is 13.8 Å². The Morgan fingerprint density at radius 2 is 0.663 bits per heavy atom. The van der Waals surface area contributed by atoms with Crippen LogP contribution >= 0.6 is 0 Å². The SMILES string of the molecule is CC(=O)NC1C(OC2C(O)C(CO)OC(OC3C(CO)OC(O)C(O)C3O)C2O)OC(CO)C(OC2OC(CO)C(O)C(OC3OC(CO)C(O)C(OC4OC(CO)C(O)C(O)C4OC4OC(C)C(O)C(O)C4O)C3NC(C)=O)C2O)C1O. The molecule has 35 unspecified atom stereocenters. The van der Waals surface area contributed by atoms with Crippen molar-refractivity contribution in [3.63, 3.8) is 0 Å². The van der Waals surface area contributed by atoms with Crippen LogP contribution in [0.5, 0.6) is 0 Å². The summed E-state index contributed by atoms with van der Waals surface area (Å²) in [4.78, 5) is 25.6. The normalized spacial score (nSPS) is 50.8. The molecule has 7 aliphatic heterocycles. The summed E-state index contributed by atoms with van der Waals surface area (Å²) >= 11 is 0. The quantitative estimate of drug-likeness (QED) is 0.0538. The molecule has 0 aromatic heterocycles. The summed E-state index contributed by atoms with van der Waals surface area (Å²) in [5, 5.41) is 221. The minimum atomic E-state index is -2.30. The lowest BCUT2D eigenvalue weighted by atomic mass is 9.93. The molecule has 0 aromatic rings. The van der Waals surface area contributed by atoms with Crippen LogP contribution < -0.4 is 10.6 Å². The summed E-state index contributed by atoms with van der Waals surface area (Å²) in [5.74, 6) is -1.78. The van der Waals surface area contributed by atoms with E-state index < -0.39 is 266 Å². The zero-order valence-electron chi connectivity index (χ0n) is 44.5. The van der Waals surface area contributed by atoms with Crippen molar-refractivity contribution in [2.45, 2.75) is 236 Å². The van der Waals surface area contributed by atoms with Gasteiger partial charge in [-0.3, -0.25) is 9.59 Å². The van der Waals surface area contributed by atoms with Gasteiger partial charge in [-0.2, -0.15) is 0 Å². The first-order valence-electron chi connectivity index (χ1n) is 26.5. The standard InChI is InChI=1S/C46H78N2O35/c1-10-21(57)27(63)31(67)43(71-10)83-39-28(64)22(58)13(4-49)76-46(39)80-36-20(48-12(3)56)42(73-14(5-50)23(36)59)82-38-25(61)16(7-52)74-44(33(38)69)78-34-18(9-54)77-41(19(26(34)62)47-11(2)55)81-37-24(60)15(6-51)75-45(32(37)68)79-35-17(8-53)72-40(70)30(66)29(35)65/h10,13-46,49-54,57-70H,4-9H2,1-3H3,(H,47,55)(H,48,56). The number of aliphatic hydroxyl groups is 20. The van der Waals surface area contributed by atoms with E-state index in [0.29, 0.717) is 0 Å². The molecule has 35 atom stereocenters. The molecule has 0 bridgehead atoms. The number of rotatable bonds is 20. The van der Waals surface area contributed by atoms with Crippen molar-refractivity contribution in [3.8, 4) is 0 Å². The van der Waals surface area contributed by atoms with Gasteiger partial charge >= 0.3 is 0 Å². The Labute approximate surface area is 470 Å². The molecule has 0 saturated carbocycles. The van der Waals surface area contributed by atoms with Crippen LogP contribution in [0.4, 0.5) is 0 Å². The van der Waals surface area contributed by atoms with E-state index in [1.165, 1.54) is 6.92 Å². The van der Waals surface area contributed by atoms with Crippen LogP contribution in [0.2, 0.25) is 0 Å². The molecule has 7 heterocycles. The van der Waals surface area contributed by atoms with Crippen LogP contribution in [0.1, 0.15) is 20.8 Å². The highest BCUT2D eigenvalue weighted by atomic mass is 16.8. The Hall–Kier alpha value is -2.38. The minimum absolute atomic E-state index is 0.884. The van der Waals surface area contributed by atoms with Crippen LogP contribution in [0, 0.1) is 0 Å². The molecule has 0 spiro atoms. The van der Waals surface area contributed by atoms with Gasteiger partial charge in [0.1, 0.15) is 165 Å². The van der Waals surface area contributed by atoms with Crippen molar-refractivity contribution in [2.24, 2.45) is 0 Å². The van der Waals surface area contributed by atoms with Crippen molar-refractivity contribution in [1.82, 2.24) is 10.6 Å². The average Bonchev–Trinajstić information content (AvgIpc) is 3.55. The maximum Gasteiger partial charge on any atom is 0.217 e. The molecule has 0 radical (unpaired) electrons. The van der Waals surface area contributed by atoms with Crippen molar-refractivity contribution in [2.75, 3.05) is 39.6 Å². The molecule has 37 heteroatoms. The fourth-order valence-electron chi connectivity index (χ4n) is 10.7. The number of hydrogen-bond donors (Lipinski definition) is 22. The van der Waals surface area contributed by atoms with Gasteiger partial charge in [-0.25, -0.2) is 0 Å². The summed E-state index contributed by atoms with van der Waals surface area (Å²) in [6.07, 6.45) is -63.5. The van der Waals surface area contributed by atoms with Gasteiger partial charge in [0.05, 0.1) is 45.7 Å². The van der Waals surface area contributed by atoms with E-state index in [1.54, 1.807) is 0 Å². The van der Waals surface area contributed by atoms with Gasteiger partial charge in [0.15, 0.2) is 44.0 Å². The Balaban J connectivity index is 1.12. The van der Waals surface area contributed by atoms with Gasteiger partial charge < -0.3 is 174 Å². The third kappa shape index (κ3) is 14.5. The zero-order valence-corrected chi connectivity index (χ0v) is 44.5. The van der Waals surface area contributed by atoms with Gasteiger partial charge in [0, 0.05) is 13.8 Å². The number of aliphatic hydroxyl groups excluding tert-OH is 20. The first kappa shape index (κ1) is 68.1. The van der Waals surface area contributed by atoms with E-state index >= 15 is 0 Å². The topological polar surface area (TPSA) is 583 Å². The Bertz CT molecular complexity index is 2050. The van der Waals surface area contributed by atoms with Gasteiger partial charge in [-0.1, -0.05) is 0 Å². The highest BCUT2D eigenvalue weighted by Crippen LogP contribution is 2.38. The second-order valence-corrected chi connectivity index (χ2v) is 21.0. The maximum absolute atomic E-state index is 12.9. The van der Waals surface area contributed by atoms with Gasteiger partial charge in [0.25, 0.3) is 0 Å². The number of nitrogens with one attached hydrogen (secondary N) is 2. The van der Waals surface area contributed by atoms with Crippen molar-refractivity contribution in [3.05, 3.63) is 0 Å². The van der Waals surface area contributed by atoms with Crippen LogP contribution in [-0.2, 0) is 71.2 Å². The predicted molar refractivity (Wildman–Crippen MR) is 254 cm³/mol. The molecule has 482 valence electrons. The molecule has 83 heavy (non-hydrogen) atoms. The lowest BCUT2D eigenvalue weighted by Gasteiger charge is -2.51. The molecule has 0 aliphatic carbocycles. The number of carbonyl (C=O) groups is 2. The van der Waals surface area contributed by atoms with E-state index in [2.05, 4.69) is 10.6 Å². The molecule has 37 nitrogen and oxygen atoms in total. The molecule has 7 saturated heterocycles. The first-order chi connectivity index (χ1) is 39.2. The van der Waals surface area contributed by atoms with Crippen LogP contribution in [-0.4, -0.2) is 368 Å². The fourth-order valence-corrected chi connectivity index (χ4v) is 10.7. The lowest BCUT2D eigenvalue weighted by Crippen LogP contribution is -2.71. The van der Waals surface area contributed by atoms with Gasteiger partial charge in [0.2, 0.25) is 11.8 Å². The van der Waals surface area contributed by atoms with Crippen molar-refractivity contribution in [1.29, 1.82) is 0 Å². The molecule has 7 aliphatic rings. The summed E-state index contributed by atoms with van der Waals surface area (Å²) in [6.45, 7) is -2.85. The lowest BCUT2D eigenvalue weighted by molar-refractivity contribution is -0.391. The van der Waals surface area contributed by atoms with E-state index in [9.17, 15) is 112 Å². The number of hydrogen-bond acceptors (Lipinski definition) is 35. The highest BCUT2D eigenvalue weighted by Gasteiger charge is 2.59. The third-order valence-corrected chi connectivity index (χ3v) is 15.3. The molecule has 22 N–H and O–H groups in total. The Morgan fingerprint density at radius 1 is 0.313 bits per heavy atom. The van der Waals surface area contributed by atoms with Crippen molar-refractivity contribution < 1.29 is 173 Å². The summed E-state index contributed by atoms with van der Waals surface area (Å²) in [7, 11) is 0. The van der Waals surface area contributed by atoms with Gasteiger partial charge in [-0.15, -0.1) is 0 Å². The number of amides is 2. The number of ether oxygens (including phenoxy) is 13. The Morgan fingerprint density at radius 3 is 1.16 bits per heavy atom. The van der Waals surface area contributed by atoms with E-state index in [4.69, 9.17) is 61.6 Å². The molecular formula is C46H78N2O35. The second kappa shape index (κ2) is 29.3. The van der Waals surface area contributed by atoms with E-state index in [-0.39, 0.29) is 0 Å². The fraction of sp³-hybridized carbons (Fsp3) is 0.957. The number of carbonyl (C=O) groups excluding carboxylic acids is 2. The highest BCUT2D eigenvalue weighted by molar-refractivity contribution is 5.73. The molecular weight excluding hydrogens is 1140 g/mol. The summed E-state index contributed by atoms with van der Waals surface area (Å²) in [5.41, 5.74) is 0. The maximum atomic E-state index is 12.9. The third-order valence-electron chi connectivity index (χ3n) is 15.3. The zero-order chi connectivity index (χ0) is 61.2. The monoisotopic (exact) mass is 1220 g/mol. The van der Waals surface area contributed by atoms with Crippen LogP contribution in [0.25, 0.3) is 0 Å². The average molecular weight is 1220 g/mol. The smallest absolute Gasteiger partial charge is 0.217 e. The predicted octanol–water partition coefficient (Wildman–Crippen LogP) is -15.0. The minimum Gasteiger partial charge on any atom is -0.394 e. The summed E-state index contributed by atoms with van der Waals surface area (Å²) < 4.78 is 74.9. The second-order valence-electron chi connectivity index (χ2n) is 21.0. The molecule has 7 rings (SSSR count). The van der Waals surface area contributed by atoms with E-state index in [1.807, 2.05) is 0 Å². The molecule has 2 amide bonds. The molecule has 7 fully saturated rings. The summed E-state index contributed by atoms with van der Waals surface area (Å²) in [6, 6.07) is -3.68. The van der Waals surface area contributed by atoms with Crippen LogP contribution in [0.3, 0.4) is 0 Å². The van der Waals surface area contributed by atoms with Crippen molar-refractivity contribution >= 4 is 11.8 Å². The molecule has 0 aromatic carbocycles. The van der Waals surface area contributed by atoms with Crippen LogP contribution in [0.15, 0.2) is 0 Å². The van der Waals surface area contributed by atoms with Gasteiger partial charge in [-0.05, 0) is 6.92 Å². The first-order valence-corrected chi connectivity index (χ1v) is 26.5.